The Morgan fingerprint density at radius 3 is 2.18 bits per heavy atom. The van der Waals surface area contributed by atoms with Crippen molar-refractivity contribution in [1.82, 2.24) is 0 Å². The van der Waals surface area contributed by atoms with E-state index in [-0.39, 0.29) is 5.82 Å². The highest BCUT2D eigenvalue weighted by Crippen LogP contribution is 2.23. The van der Waals surface area contributed by atoms with Crippen molar-refractivity contribution in [2.75, 3.05) is 0 Å². The van der Waals surface area contributed by atoms with Gasteiger partial charge in [-0.25, -0.2) is 4.39 Å². The second kappa shape index (κ2) is 10.1. The lowest BCUT2D eigenvalue weighted by Crippen LogP contribution is -1.93. The predicted octanol–water partition coefficient (Wildman–Crippen LogP) is 7.45. The molecule has 0 unspecified atom stereocenters. The van der Waals surface area contributed by atoms with E-state index in [9.17, 15) is 4.39 Å². The highest BCUT2D eigenvalue weighted by atomic mass is 19.1. The minimum atomic E-state index is -0.0734. The molecule has 3 aromatic carbocycles. The molecule has 0 N–H and O–H groups in total. The van der Waals surface area contributed by atoms with Gasteiger partial charge in [0, 0.05) is 16.5 Å². The quantitative estimate of drug-likeness (QED) is 0.298. The summed E-state index contributed by atoms with van der Waals surface area (Å²) in [6.07, 6.45) is 7.71. The molecule has 0 atom stereocenters. The Morgan fingerprint density at radius 2 is 1.43 bits per heavy atom. The second-order valence-corrected chi connectivity index (χ2v) is 7.48. The Hall–Kier alpha value is -2.59. The molecule has 0 saturated heterocycles. The summed E-state index contributed by atoms with van der Waals surface area (Å²) in [5.41, 5.74) is 4.12. The fraction of sp³-hybridized carbons (Fsp3) is 0.333. The molecule has 0 radical (unpaired) electrons. The third-order valence-electron chi connectivity index (χ3n) is 5.21. The SMILES string of the molecule is CCCCCc1ccc2cc(C#Cc3ccc(CCCC)cc3)ccc2c1F. The standard InChI is InChI=1S/C27H29F/c1-3-5-7-9-24-17-18-25-20-23(16-19-26(25)27(24)28)15-14-22-12-10-21(11-13-22)8-6-4-2/h10-13,16-20H,3-9H2,1-2H3. The monoisotopic (exact) mass is 372 g/mol. The van der Waals surface area contributed by atoms with Crippen molar-refractivity contribution in [1.29, 1.82) is 0 Å². The van der Waals surface area contributed by atoms with E-state index in [1.807, 2.05) is 30.3 Å². The minimum absolute atomic E-state index is 0.0734. The zero-order valence-corrected chi connectivity index (χ0v) is 17.0. The normalized spacial score (nSPS) is 10.7. The maximum Gasteiger partial charge on any atom is 0.134 e. The van der Waals surface area contributed by atoms with E-state index in [1.165, 1.54) is 18.4 Å². The first kappa shape index (κ1) is 20.2. The van der Waals surface area contributed by atoms with Gasteiger partial charge in [-0.1, -0.05) is 75.3 Å². The summed E-state index contributed by atoms with van der Waals surface area (Å²) in [5, 5.41) is 1.61. The maximum atomic E-state index is 14.8. The van der Waals surface area contributed by atoms with Crippen LogP contribution in [-0.2, 0) is 12.8 Å². The third kappa shape index (κ3) is 5.23. The summed E-state index contributed by atoms with van der Waals surface area (Å²) >= 11 is 0. The molecule has 0 nitrogen and oxygen atoms in total. The topological polar surface area (TPSA) is 0 Å². The highest BCUT2D eigenvalue weighted by molar-refractivity contribution is 5.85. The molecule has 0 aromatic heterocycles. The second-order valence-electron chi connectivity index (χ2n) is 7.48. The van der Waals surface area contributed by atoms with Gasteiger partial charge in [-0.15, -0.1) is 0 Å². The van der Waals surface area contributed by atoms with Gasteiger partial charge in [-0.05, 0) is 66.5 Å². The summed E-state index contributed by atoms with van der Waals surface area (Å²) in [5.74, 6) is 6.37. The molecule has 28 heavy (non-hydrogen) atoms. The number of unbranched alkanes of at least 4 members (excludes halogenated alkanes) is 3. The molecule has 3 aromatic rings. The number of hydrogen-bond acceptors (Lipinski definition) is 0. The van der Waals surface area contributed by atoms with Crippen LogP contribution in [0.25, 0.3) is 10.8 Å². The van der Waals surface area contributed by atoms with Gasteiger partial charge >= 0.3 is 0 Å². The smallest absolute Gasteiger partial charge is 0.134 e. The fourth-order valence-corrected chi connectivity index (χ4v) is 3.45. The van der Waals surface area contributed by atoms with Gasteiger partial charge in [0.2, 0.25) is 0 Å². The largest absolute Gasteiger partial charge is 0.206 e. The number of hydrogen-bond donors (Lipinski definition) is 0. The fourth-order valence-electron chi connectivity index (χ4n) is 3.45. The number of fused-ring (bicyclic) bond motifs is 1. The van der Waals surface area contributed by atoms with E-state index in [0.717, 1.165) is 54.2 Å². The Morgan fingerprint density at radius 1 is 0.714 bits per heavy atom. The molecule has 0 heterocycles. The van der Waals surface area contributed by atoms with Gasteiger partial charge in [0.05, 0.1) is 0 Å². The zero-order chi connectivity index (χ0) is 19.8. The van der Waals surface area contributed by atoms with Crippen LogP contribution in [0, 0.1) is 17.7 Å². The molecular weight excluding hydrogens is 343 g/mol. The summed E-state index contributed by atoms with van der Waals surface area (Å²) in [6, 6.07) is 18.2. The molecule has 3 rings (SSSR count). The number of halogens is 1. The van der Waals surface area contributed by atoms with Crippen LogP contribution in [0.4, 0.5) is 4.39 Å². The van der Waals surface area contributed by atoms with Crippen molar-refractivity contribution in [3.05, 3.63) is 82.7 Å². The average molecular weight is 373 g/mol. The summed E-state index contributed by atoms with van der Waals surface area (Å²) in [6.45, 7) is 4.38. The molecule has 0 fully saturated rings. The van der Waals surface area contributed by atoms with Gasteiger partial charge in [0.1, 0.15) is 5.82 Å². The number of rotatable bonds is 7. The van der Waals surface area contributed by atoms with Crippen molar-refractivity contribution in [2.24, 2.45) is 0 Å². The van der Waals surface area contributed by atoms with Crippen LogP contribution in [0.5, 0.6) is 0 Å². The molecule has 0 saturated carbocycles. The van der Waals surface area contributed by atoms with Crippen LogP contribution in [0.3, 0.4) is 0 Å². The van der Waals surface area contributed by atoms with E-state index >= 15 is 0 Å². The first-order chi connectivity index (χ1) is 13.7. The van der Waals surface area contributed by atoms with Crippen molar-refractivity contribution >= 4 is 10.8 Å². The molecule has 0 spiro atoms. The summed E-state index contributed by atoms with van der Waals surface area (Å²) in [4.78, 5) is 0. The van der Waals surface area contributed by atoms with Crippen molar-refractivity contribution in [2.45, 2.75) is 58.8 Å². The van der Waals surface area contributed by atoms with Crippen LogP contribution < -0.4 is 0 Å². The van der Waals surface area contributed by atoms with Gasteiger partial charge in [0.25, 0.3) is 0 Å². The van der Waals surface area contributed by atoms with Crippen molar-refractivity contribution in [3.8, 4) is 11.8 Å². The Balaban J connectivity index is 1.76. The van der Waals surface area contributed by atoms with Gasteiger partial charge in [-0.2, -0.15) is 0 Å². The first-order valence-corrected chi connectivity index (χ1v) is 10.5. The first-order valence-electron chi connectivity index (χ1n) is 10.5. The van der Waals surface area contributed by atoms with Crippen molar-refractivity contribution < 1.29 is 4.39 Å². The van der Waals surface area contributed by atoms with Crippen LogP contribution >= 0.6 is 0 Å². The molecular formula is C27H29F. The lowest BCUT2D eigenvalue weighted by molar-refractivity contribution is 0.609. The van der Waals surface area contributed by atoms with Gasteiger partial charge in [-0.3, -0.25) is 0 Å². The van der Waals surface area contributed by atoms with E-state index in [1.54, 1.807) is 0 Å². The lowest BCUT2D eigenvalue weighted by atomic mass is 10.00. The Kier molecular flexibility index (Phi) is 7.26. The van der Waals surface area contributed by atoms with Crippen LogP contribution in [0.1, 0.15) is 68.2 Å². The number of aryl methyl sites for hydroxylation is 2. The molecule has 0 bridgehead atoms. The molecule has 0 amide bonds. The average Bonchev–Trinajstić information content (AvgIpc) is 2.73. The lowest BCUT2D eigenvalue weighted by Gasteiger charge is -2.07. The van der Waals surface area contributed by atoms with Gasteiger partial charge < -0.3 is 0 Å². The molecule has 0 aliphatic heterocycles. The maximum absolute atomic E-state index is 14.8. The highest BCUT2D eigenvalue weighted by Gasteiger charge is 2.07. The molecule has 0 aliphatic carbocycles. The molecule has 1 heteroatoms. The summed E-state index contributed by atoms with van der Waals surface area (Å²) < 4.78 is 14.8. The Labute approximate surface area is 168 Å². The van der Waals surface area contributed by atoms with Crippen LogP contribution in [-0.4, -0.2) is 0 Å². The van der Waals surface area contributed by atoms with E-state index < -0.39 is 0 Å². The molecule has 144 valence electrons. The van der Waals surface area contributed by atoms with Crippen LogP contribution in [0.15, 0.2) is 54.6 Å². The minimum Gasteiger partial charge on any atom is -0.206 e. The Bertz CT molecular complexity index is 971. The van der Waals surface area contributed by atoms with Gasteiger partial charge in [0.15, 0.2) is 0 Å². The van der Waals surface area contributed by atoms with E-state index in [4.69, 9.17) is 0 Å². The third-order valence-corrected chi connectivity index (χ3v) is 5.21. The van der Waals surface area contributed by atoms with Crippen LogP contribution in [0.2, 0.25) is 0 Å². The predicted molar refractivity (Wildman–Crippen MR) is 118 cm³/mol. The molecule has 0 aliphatic rings. The zero-order valence-electron chi connectivity index (χ0n) is 17.0. The van der Waals surface area contributed by atoms with E-state index in [2.05, 4.69) is 50.0 Å². The van der Waals surface area contributed by atoms with E-state index in [0.29, 0.717) is 5.39 Å². The van der Waals surface area contributed by atoms with Crippen molar-refractivity contribution in [3.63, 3.8) is 0 Å². The number of benzene rings is 3. The summed E-state index contributed by atoms with van der Waals surface area (Å²) in [7, 11) is 0.